The first-order chi connectivity index (χ1) is 4.08. The summed E-state index contributed by atoms with van der Waals surface area (Å²) < 4.78 is -0.0150. The van der Waals surface area contributed by atoms with E-state index in [4.69, 9.17) is 11.8 Å². The highest BCUT2D eigenvalue weighted by Gasteiger charge is 2.47. The Balaban J connectivity index is 2.58. The van der Waals surface area contributed by atoms with E-state index < -0.39 is 0 Å². The summed E-state index contributed by atoms with van der Waals surface area (Å²) in [5.74, 6) is 0. The van der Waals surface area contributed by atoms with Crippen LogP contribution in [0.1, 0.15) is 13.8 Å². The summed E-state index contributed by atoms with van der Waals surface area (Å²) in [6.45, 7) is 3.97. The monoisotopic (exact) mass is 165 g/mol. The first-order valence-corrected chi connectivity index (χ1v) is 3.86. The van der Waals surface area contributed by atoms with E-state index in [0.29, 0.717) is 0 Å². The minimum absolute atomic E-state index is 0.0150. The van der Waals surface area contributed by atoms with Crippen LogP contribution in [0, 0.1) is 0 Å². The zero-order valence-electron chi connectivity index (χ0n) is 5.27. The van der Waals surface area contributed by atoms with Crippen LogP contribution in [0.25, 0.3) is 0 Å². The molecule has 0 spiro atoms. The number of hydrogen-bond acceptors (Lipinski definition) is 3. The molecule has 1 N–H and O–H groups in total. The molecule has 52 valence electrons. The number of nitrogens with one attached hydrogen (secondary N) is 1. The van der Waals surface area contributed by atoms with Crippen LogP contribution in [-0.2, 0) is 4.79 Å². The second kappa shape index (κ2) is 2.15. The lowest BCUT2D eigenvalue weighted by atomic mass is 10.0. The second-order valence-electron chi connectivity index (χ2n) is 2.57. The smallest absolute Gasteiger partial charge is 0.209 e. The topological polar surface area (TPSA) is 29.1 Å². The van der Waals surface area contributed by atoms with Gasteiger partial charge in [0.25, 0.3) is 0 Å². The van der Waals surface area contributed by atoms with Gasteiger partial charge in [-0.2, -0.15) is 0 Å². The lowest BCUT2D eigenvalue weighted by Gasteiger charge is -2.39. The summed E-state index contributed by atoms with van der Waals surface area (Å²) in [7, 11) is 0. The van der Waals surface area contributed by atoms with E-state index in [-0.39, 0.29) is 15.9 Å². The van der Waals surface area contributed by atoms with Crippen molar-refractivity contribution >= 4 is 28.7 Å². The van der Waals surface area contributed by atoms with Gasteiger partial charge in [-0.15, -0.1) is 0 Å². The summed E-state index contributed by atoms with van der Waals surface area (Å²) in [6.07, 6.45) is 0. The third kappa shape index (κ3) is 1.09. The van der Waals surface area contributed by atoms with Crippen molar-refractivity contribution < 1.29 is 4.79 Å². The highest BCUT2D eigenvalue weighted by atomic mass is 35.5. The number of rotatable bonds is 1. The summed E-state index contributed by atoms with van der Waals surface area (Å²) in [5.41, 5.74) is 0. The fourth-order valence-corrected chi connectivity index (χ4v) is 2.37. The highest BCUT2D eigenvalue weighted by Crippen LogP contribution is 2.41. The molecule has 2 nitrogen and oxygen atoms in total. The summed E-state index contributed by atoms with van der Waals surface area (Å²) >= 11 is 6.63. The predicted octanol–water partition coefficient (Wildman–Crippen LogP) is 1.15. The molecule has 1 saturated heterocycles. The minimum atomic E-state index is -0.163. The van der Waals surface area contributed by atoms with E-state index in [2.05, 4.69) is 4.84 Å². The zero-order valence-corrected chi connectivity index (χ0v) is 6.84. The quantitative estimate of drug-likeness (QED) is 0.592. The molecule has 0 bridgehead atoms. The van der Waals surface area contributed by atoms with E-state index in [1.165, 1.54) is 11.8 Å². The Labute approximate surface area is 63.4 Å². The van der Waals surface area contributed by atoms with Crippen LogP contribution < -0.4 is 4.84 Å². The average Bonchev–Trinajstić information content (AvgIpc) is 1.63. The van der Waals surface area contributed by atoms with Gasteiger partial charge in [0.2, 0.25) is 5.12 Å². The van der Waals surface area contributed by atoms with E-state index in [0.717, 1.165) is 0 Å². The standard InChI is InChI=1S/C5H8ClNOS/c1-5(2)3(7-6)4(8)9-5/h3,7H,1-2H3. The fraction of sp³-hybridized carbons (Fsp3) is 0.800. The van der Waals surface area contributed by atoms with Crippen molar-refractivity contribution in [1.29, 1.82) is 0 Å². The van der Waals surface area contributed by atoms with Gasteiger partial charge in [0.1, 0.15) is 6.04 Å². The van der Waals surface area contributed by atoms with Crippen LogP contribution in [0.5, 0.6) is 0 Å². The molecule has 1 rings (SSSR count). The largest absolute Gasteiger partial charge is 0.285 e. The maximum absolute atomic E-state index is 10.7. The van der Waals surface area contributed by atoms with Crippen molar-refractivity contribution in [2.75, 3.05) is 0 Å². The molecule has 1 heterocycles. The van der Waals surface area contributed by atoms with E-state index >= 15 is 0 Å². The Kier molecular flexibility index (Phi) is 1.76. The Hall–Kier alpha value is 0.270. The third-order valence-electron chi connectivity index (χ3n) is 1.40. The maximum Gasteiger partial charge on any atom is 0.209 e. The van der Waals surface area contributed by atoms with Gasteiger partial charge < -0.3 is 0 Å². The Morgan fingerprint density at radius 2 is 2.33 bits per heavy atom. The summed E-state index contributed by atoms with van der Waals surface area (Å²) in [6, 6.07) is -0.163. The third-order valence-corrected chi connectivity index (χ3v) is 2.82. The highest BCUT2D eigenvalue weighted by molar-refractivity contribution is 8.17. The zero-order chi connectivity index (χ0) is 7.07. The van der Waals surface area contributed by atoms with Gasteiger partial charge in [-0.25, -0.2) is 4.84 Å². The molecule has 0 aromatic heterocycles. The van der Waals surface area contributed by atoms with Gasteiger partial charge in [-0.3, -0.25) is 4.79 Å². The van der Waals surface area contributed by atoms with Gasteiger partial charge in [0, 0.05) is 4.75 Å². The molecule has 0 aliphatic carbocycles. The van der Waals surface area contributed by atoms with E-state index in [9.17, 15) is 4.79 Å². The Morgan fingerprint density at radius 3 is 2.44 bits per heavy atom. The number of carbonyl (C=O) groups is 1. The van der Waals surface area contributed by atoms with Crippen LogP contribution >= 0.6 is 23.5 Å². The fourth-order valence-electron chi connectivity index (χ4n) is 0.779. The minimum Gasteiger partial charge on any atom is -0.285 e. The number of hydrogen-bond donors (Lipinski definition) is 1. The van der Waals surface area contributed by atoms with Crippen LogP contribution in [0.3, 0.4) is 0 Å². The molecular formula is C5H8ClNOS. The van der Waals surface area contributed by atoms with Crippen LogP contribution in [-0.4, -0.2) is 15.9 Å². The lowest BCUT2D eigenvalue weighted by Crippen LogP contribution is -2.55. The van der Waals surface area contributed by atoms with Crippen molar-refractivity contribution in [3.05, 3.63) is 0 Å². The molecule has 1 aliphatic heterocycles. The molecule has 0 aromatic carbocycles. The lowest BCUT2D eigenvalue weighted by molar-refractivity contribution is -0.114. The molecule has 1 fully saturated rings. The van der Waals surface area contributed by atoms with Crippen LogP contribution in [0.2, 0.25) is 0 Å². The molecule has 9 heavy (non-hydrogen) atoms. The second-order valence-corrected chi connectivity index (χ2v) is 4.44. The van der Waals surface area contributed by atoms with Crippen molar-refractivity contribution in [2.45, 2.75) is 24.6 Å². The molecular weight excluding hydrogens is 158 g/mol. The van der Waals surface area contributed by atoms with Gasteiger partial charge in [0.05, 0.1) is 0 Å². The Morgan fingerprint density at radius 1 is 1.78 bits per heavy atom. The molecule has 0 aromatic rings. The SMILES string of the molecule is CC1(C)SC(=O)C1NCl. The predicted molar refractivity (Wildman–Crippen MR) is 39.5 cm³/mol. The molecule has 1 unspecified atom stereocenters. The van der Waals surface area contributed by atoms with Gasteiger partial charge in [-0.1, -0.05) is 11.8 Å². The van der Waals surface area contributed by atoms with Gasteiger partial charge >= 0.3 is 0 Å². The molecule has 0 amide bonds. The van der Waals surface area contributed by atoms with E-state index in [1.54, 1.807) is 0 Å². The molecule has 4 heteroatoms. The number of carbonyl (C=O) groups excluding carboxylic acids is 1. The van der Waals surface area contributed by atoms with Crippen molar-refractivity contribution in [3.8, 4) is 0 Å². The summed E-state index contributed by atoms with van der Waals surface area (Å²) in [5, 5.41) is 0.134. The van der Waals surface area contributed by atoms with Gasteiger partial charge in [-0.05, 0) is 25.6 Å². The molecule has 0 radical (unpaired) electrons. The first kappa shape index (κ1) is 7.38. The van der Waals surface area contributed by atoms with Crippen molar-refractivity contribution in [1.82, 2.24) is 4.84 Å². The van der Waals surface area contributed by atoms with Gasteiger partial charge in [0.15, 0.2) is 0 Å². The van der Waals surface area contributed by atoms with Crippen molar-refractivity contribution in [3.63, 3.8) is 0 Å². The number of thioether (sulfide) groups is 1. The average molecular weight is 166 g/mol. The molecule has 0 saturated carbocycles. The maximum atomic E-state index is 10.7. The molecule has 1 atom stereocenters. The first-order valence-electron chi connectivity index (χ1n) is 2.67. The van der Waals surface area contributed by atoms with Crippen molar-refractivity contribution in [2.24, 2.45) is 0 Å². The van der Waals surface area contributed by atoms with Crippen LogP contribution in [0.4, 0.5) is 0 Å². The summed E-state index contributed by atoms with van der Waals surface area (Å²) in [4.78, 5) is 13.1. The number of halogens is 1. The van der Waals surface area contributed by atoms with Crippen LogP contribution in [0.15, 0.2) is 0 Å². The Bertz CT molecular complexity index is 148. The normalized spacial score (nSPS) is 31.9. The van der Waals surface area contributed by atoms with E-state index in [1.807, 2.05) is 13.8 Å². The molecule has 1 aliphatic rings.